The zero-order valence-electron chi connectivity index (χ0n) is 16.7. The quantitative estimate of drug-likeness (QED) is 0.173. The fourth-order valence-electron chi connectivity index (χ4n) is 2.85. The number of rotatable bonds is 6. The molecule has 0 aliphatic carbocycles. The van der Waals surface area contributed by atoms with Crippen molar-refractivity contribution in [3.8, 4) is 17.2 Å². The van der Waals surface area contributed by atoms with Crippen molar-refractivity contribution >= 4 is 39.7 Å². The third-order valence-corrected chi connectivity index (χ3v) is 5.02. The minimum absolute atomic E-state index is 0.0184. The molecule has 0 saturated heterocycles. The number of fused-ring (bicyclic) bond motifs is 1. The second kappa shape index (κ2) is 9.49. The highest BCUT2D eigenvalue weighted by molar-refractivity contribution is 9.10. The molecule has 0 radical (unpaired) electrons. The van der Waals surface area contributed by atoms with Crippen LogP contribution >= 0.6 is 15.9 Å². The minimum Gasteiger partial charge on any atom is -0.454 e. The van der Waals surface area contributed by atoms with Crippen molar-refractivity contribution in [1.82, 2.24) is 5.43 Å². The predicted octanol–water partition coefficient (Wildman–Crippen LogP) is 4.07. The number of benzene rings is 3. The molecule has 3 aromatic rings. The first-order valence-corrected chi connectivity index (χ1v) is 10.2. The van der Waals surface area contributed by atoms with E-state index in [0.29, 0.717) is 17.1 Å². The van der Waals surface area contributed by atoms with Gasteiger partial charge < -0.3 is 14.2 Å². The summed E-state index contributed by atoms with van der Waals surface area (Å²) in [6, 6.07) is 14.8. The van der Waals surface area contributed by atoms with E-state index in [4.69, 9.17) is 14.2 Å². The van der Waals surface area contributed by atoms with Crippen molar-refractivity contribution in [1.29, 1.82) is 0 Å². The molecular weight excluding hydrogens is 498 g/mol. The molecule has 0 bridgehead atoms. The van der Waals surface area contributed by atoms with Gasteiger partial charge >= 0.3 is 5.97 Å². The van der Waals surface area contributed by atoms with Gasteiger partial charge in [0.25, 0.3) is 11.6 Å². The van der Waals surface area contributed by atoms with Gasteiger partial charge in [0.2, 0.25) is 6.79 Å². The van der Waals surface area contributed by atoms with Crippen LogP contribution < -0.4 is 19.6 Å². The Morgan fingerprint density at radius 2 is 1.76 bits per heavy atom. The molecule has 1 aliphatic rings. The summed E-state index contributed by atoms with van der Waals surface area (Å²) >= 11 is 3.28. The minimum atomic E-state index is -0.712. The maximum atomic E-state index is 12.6. The van der Waals surface area contributed by atoms with Crippen LogP contribution in [0.3, 0.4) is 0 Å². The van der Waals surface area contributed by atoms with E-state index in [9.17, 15) is 19.7 Å². The SMILES string of the molecule is O=C(N/N=C/c1cc([N+](=O)[O-])ccc1OC(=O)c1ccc2c(c1)OCO2)c1ccc(Br)cc1. The Bertz CT molecular complexity index is 1280. The van der Waals surface area contributed by atoms with Gasteiger partial charge in [0, 0.05) is 27.7 Å². The Morgan fingerprint density at radius 3 is 2.52 bits per heavy atom. The van der Waals surface area contributed by atoms with E-state index in [0.717, 1.165) is 10.7 Å². The summed E-state index contributed by atoms with van der Waals surface area (Å²) in [5, 5.41) is 15.0. The van der Waals surface area contributed by atoms with Gasteiger partial charge in [-0.2, -0.15) is 5.10 Å². The van der Waals surface area contributed by atoms with Crippen LogP contribution in [0.4, 0.5) is 5.69 Å². The van der Waals surface area contributed by atoms with E-state index >= 15 is 0 Å². The molecule has 0 saturated carbocycles. The number of amides is 1. The maximum absolute atomic E-state index is 12.6. The van der Waals surface area contributed by atoms with Crippen molar-refractivity contribution in [2.75, 3.05) is 6.79 Å². The smallest absolute Gasteiger partial charge is 0.343 e. The lowest BCUT2D eigenvalue weighted by Gasteiger charge is -2.08. The van der Waals surface area contributed by atoms with Crippen LogP contribution in [-0.4, -0.2) is 29.8 Å². The van der Waals surface area contributed by atoms with Crippen molar-refractivity contribution < 1.29 is 28.7 Å². The summed E-state index contributed by atoms with van der Waals surface area (Å²) in [4.78, 5) is 35.4. The predicted molar refractivity (Wildman–Crippen MR) is 120 cm³/mol. The molecule has 33 heavy (non-hydrogen) atoms. The number of non-ortho nitro benzene ring substituents is 1. The number of hydrazone groups is 1. The molecular formula is C22H14BrN3O7. The van der Waals surface area contributed by atoms with E-state index in [1.54, 1.807) is 30.3 Å². The molecule has 4 rings (SSSR count). The number of hydrogen-bond donors (Lipinski definition) is 1. The zero-order chi connectivity index (χ0) is 23.4. The van der Waals surface area contributed by atoms with Crippen LogP contribution in [-0.2, 0) is 0 Å². The third-order valence-electron chi connectivity index (χ3n) is 4.49. The first-order chi connectivity index (χ1) is 15.9. The van der Waals surface area contributed by atoms with Gasteiger partial charge in [-0.15, -0.1) is 0 Å². The summed E-state index contributed by atoms with van der Waals surface area (Å²) in [6.07, 6.45) is 1.16. The highest BCUT2D eigenvalue weighted by Gasteiger charge is 2.19. The summed E-state index contributed by atoms with van der Waals surface area (Å²) in [5.41, 5.74) is 2.78. The van der Waals surface area contributed by atoms with E-state index in [-0.39, 0.29) is 29.4 Å². The van der Waals surface area contributed by atoms with Crippen LogP contribution in [0.5, 0.6) is 17.2 Å². The monoisotopic (exact) mass is 511 g/mol. The first-order valence-electron chi connectivity index (χ1n) is 9.40. The molecule has 11 heteroatoms. The number of nitrogens with one attached hydrogen (secondary N) is 1. The lowest BCUT2D eigenvalue weighted by Crippen LogP contribution is -2.17. The van der Waals surface area contributed by atoms with E-state index in [2.05, 4.69) is 26.5 Å². The highest BCUT2D eigenvalue weighted by Crippen LogP contribution is 2.33. The summed E-state index contributed by atoms with van der Waals surface area (Å²) in [6.45, 7) is 0.0583. The number of ether oxygens (including phenoxy) is 3. The number of carbonyl (C=O) groups excluding carboxylic acids is 2. The molecule has 3 aromatic carbocycles. The van der Waals surface area contributed by atoms with E-state index in [1.165, 1.54) is 30.3 Å². The van der Waals surface area contributed by atoms with Gasteiger partial charge in [0.1, 0.15) is 5.75 Å². The molecule has 10 nitrogen and oxygen atoms in total. The van der Waals surface area contributed by atoms with Crippen LogP contribution in [0.1, 0.15) is 26.3 Å². The van der Waals surface area contributed by atoms with Crippen LogP contribution in [0.25, 0.3) is 0 Å². The molecule has 0 spiro atoms. The lowest BCUT2D eigenvalue weighted by molar-refractivity contribution is -0.384. The summed E-state index contributed by atoms with van der Waals surface area (Å²) in [5.74, 6) is -0.259. The standard InChI is InChI=1S/C22H14BrN3O7/c23-16-4-1-13(2-5-16)21(27)25-24-11-15-9-17(26(29)30)6-8-18(15)33-22(28)14-3-7-19-20(10-14)32-12-31-19/h1-11H,12H2,(H,25,27)/b24-11+. The van der Waals surface area contributed by atoms with Gasteiger partial charge in [0.15, 0.2) is 11.5 Å². The number of nitro groups is 1. The normalized spacial score (nSPS) is 11.9. The van der Waals surface area contributed by atoms with Crippen LogP contribution in [0.15, 0.2) is 70.2 Å². The average molecular weight is 512 g/mol. The Kier molecular flexibility index (Phi) is 6.31. The second-order valence-electron chi connectivity index (χ2n) is 6.64. The molecule has 1 N–H and O–H groups in total. The van der Waals surface area contributed by atoms with Gasteiger partial charge in [-0.25, -0.2) is 10.2 Å². The number of carbonyl (C=O) groups is 2. The highest BCUT2D eigenvalue weighted by atomic mass is 79.9. The van der Waals surface area contributed by atoms with Gasteiger partial charge in [0.05, 0.1) is 16.7 Å². The van der Waals surface area contributed by atoms with Crippen molar-refractivity contribution in [3.05, 3.63) is 91.9 Å². The topological polar surface area (TPSA) is 129 Å². The molecule has 1 aliphatic heterocycles. The molecule has 0 aromatic heterocycles. The van der Waals surface area contributed by atoms with Crippen LogP contribution in [0, 0.1) is 10.1 Å². The van der Waals surface area contributed by atoms with Crippen molar-refractivity contribution in [2.45, 2.75) is 0 Å². The molecule has 0 fully saturated rings. The number of nitro benzene ring substituents is 1. The van der Waals surface area contributed by atoms with Gasteiger partial charge in [-0.3, -0.25) is 14.9 Å². The number of nitrogens with zero attached hydrogens (tertiary/aromatic N) is 2. The molecule has 1 amide bonds. The Balaban J connectivity index is 1.53. The van der Waals surface area contributed by atoms with E-state index < -0.39 is 16.8 Å². The Labute approximate surface area is 195 Å². The second-order valence-corrected chi connectivity index (χ2v) is 7.56. The maximum Gasteiger partial charge on any atom is 0.343 e. The molecule has 166 valence electrons. The third kappa shape index (κ3) is 5.15. The summed E-state index contributed by atoms with van der Waals surface area (Å²) < 4.78 is 16.7. The van der Waals surface area contributed by atoms with Crippen LogP contribution in [0.2, 0.25) is 0 Å². The molecule has 0 unspecified atom stereocenters. The first kappa shape index (κ1) is 22.0. The molecule has 1 heterocycles. The van der Waals surface area contributed by atoms with Gasteiger partial charge in [-0.05, 0) is 48.5 Å². The Hall–Kier alpha value is -4.25. The molecule has 0 atom stereocenters. The zero-order valence-corrected chi connectivity index (χ0v) is 18.3. The number of hydrogen-bond acceptors (Lipinski definition) is 8. The van der Waals surface area contributed by atoms with Crippen molar-refractivity contribution in [2.24, 2.45) is 5.10 Å². The fraction of sp³-hybridized carbons (Fsp3) is 0.0455. The number of esters is 1. The number of halogens is 1. The average Bonchev–Trinajstić information content (AvgIpc) is 3.28. The largest absolute Gasteiger partial charge is 0.454 e. The van der Waals surface area contributed by atoms with Gasteiger partial charge in [-0.1, -0.05) is 15.9 Å². The lowest BCUT2D eigenvalue weighted by atomic mass is 10.2. The van der Waals surface area contributed by atoms with Crippen molar-refractivity contribution in [3.63, 3.8) is 0 Å². The summed E-state index contributed by atoms with van der Waals surface area (Å²) in [7, 11) is 0. The fourth-order valence-corrected chi connectivity index (χ4v) is 3.12. The Morgan fingerprint density at radius 1 is 1.03 bits per heavy atom. The van der Waals surface area contributed by atoms with E-state index in [1.807, 2.05) is 0 Å².